The van der Waals surface area contributed by atoms with E-state index in [2.05, 4.69) is 23.1 Å². The lowest BCUT2D eigenvalue weighted by Crippen LogP contribution is -2.37. The summed E-state index contributed by atoms with van der Waals surface area (Å²) >= 11 is -1.30. The van der Waals surface area contributed by atoms with E-state index in [1.54, 1.807) is 12.3 Å². The maximum atomic E-state index is 12.8. The van der Waals surface area contributed by atoms with Crippen LogP contribution in [0.15, 0.2) is 31.8 Å². The predicted molar refractivity (Wildman–Crippen MR) is 123 cm³/mol. The van der Waals surface area contributed by atoms with E-state index in [1.165, 1.54) is 0 Å². The van der Waals surface area contributed by atoms with Crippen molar-refractivity contribution in [3.63, 3.8) is 0 Å². The highest BCUT2D eigenvalue weighted by atomic mass is 32.2. The van der Waals surface area contributed by atoms with Crippen molar-refractivity contribution < 1.29 is 8.97 Å². The van der Waals surface area contributed by atoms with Crippen LogP contribution in [-0.4, -0.2) is 28.6 Å². The van der Waals surface area contributed by atoms with Gasteiger partial charge in [-0.1, -0.05) is 24.3 Å². The standard InChI is InChI=1S/C23H32N2O3S/c1-16-13-17(7-10-24-29(27)22(2,3)4)21-18(14-16)19(26)15-20(28-21)25-11-8-23(5,6)9-12-25/h10,13-15H,7-9,11-12H2,1-6H3/b24-10+. The molecule has 0 spiro atoms. The molecule has 0 aliphatic carbocycles. The van der Waals surface area contributed by atoms with E-state index in [0.29, 0.717) is 28.7 Å². The zero-order chi connectivity index (χ0) is 21.4. The Morgan fingerprint density at radius 3 is 2.52 bits per heavy atom. The monoisotopic (exact) mass is 416 g/mol. The van der Waals surface area contributed by atoms with E-state index < -0.39 is 16.1 Å². The topological polar surface area (TPSA) is 68.9 Å². The van der Waals surface area contributed by atoms with Crippen LogP contribution in [0.1, 0.15) is 58.6 Å². The summed E-state index contributed by atoms with van der Waals surface area (Å²) in [4.78, 5) is 15.0. The third-order valence-electron chi connectivity index (χ3n) is 5.47. The summed E-state index contributed by atoms with van der Waals surface area (Å²) in [5.41, 5.74) is 2.81. The van der Waals surface area contributed by atoms with Crippen LogP contribution < -0.4 is 10.3 Å². The summed E-state index contributed by atoms with van der Waals surface area (Å²) in [5.74, 6) is 0.637. The molecule has 0 radical (unpaired) electrons. The second-order valence-electron chi connectivity index (χ2n) is 9.75. The number of rotatable bonds is 4. The summed E-state index contributed by atoms with van der Waals surface area (Å²) in [7, 11) is 0. The highest BCUT2D eigenvalue weighted by molar-refractivity contribution is 7.91. The summed E-state index contributed by atoms with van der Waals surface area (Å²) in [5, 5.41) is 0.589. The van der Waals surface area contributed by atoms with Crippen LogP contribution in [0.5, 0.6) is 0 Å². The lowest BCUT2D eigenvalue weighted by atomic mass is 9.83. The Balaban J connectivity index is 1.94. The van der Waals surface area contributed by atoms with Gasteiger partial charge in [-0.05, 0) is 57.6 Å². The largest absolute Gasteiger partial charge is 0.591 e. The van der Waals surface area contributed by atoms with Crippen LogP contribution in [0, 0.1) is 12.3 Å². The first-order chi connectivity index (χ1) is 13.5. The molecule has 2 heterocycles. The highest BCUT2D eigenvalue weighted by Crippen LogP contribution is 2.33. The van der Waals surface area contributed by atoms with Gasteiger partial charge in [-0.15, -0.1) is 0 Å². The quantitative estimate of drug-likeness (QED) is 0.530. The highest BCUT2D eigenvalue weighted by Gasteiger charge is 2.27. The number of hydrogen-bond acceptors (Lipinski definition) is 5. The van der Waals surface area contributed by atoms with Crippen molar-refractivity contribution in [2.24, 2.45) is 9.81 Å². The van der Waals surface area contributed by atoms with Crippen LogP contribution in [0.25, 0.3) is 11.0 Å². The van der Waals surface area contributed by atoms with Crippen molar-refractivity contribution in [2.75, 3.05) is 18.0 Å². The molecule has 3 rings (SSSR count). The molecular formula is C23H32N2O3S. The van der Waals surface area contributed by atoms with Crippen LogP contribution >= 0.6 is 0 Å². The minimum absolute atomic E-state index is 0.0220. The summed E-state index contributed by atoms with van der Waals surface area (Å²) < 4.78 is 22.2. The van der Waals surface area contributed by atoms with Gasteiger partial charge >= 0.3 is 0 Å². The molecule has 1 aliphatic rings. The van der Waals surface area contributed by atoms with Gasteiger partial charge in [0.25, 0.3) is 0 Å². The number of nitrogens with zero attached hydrogens (tertiary/aromatic N) is 2. The molecule has 1 fully saturated rings. The Morgan fingerprint density at radius 2 is 1.90 bits per heavy atom. The maximum absolute atomic E-state index is 12.8. The molecule has 1 aliphatic heterocycles. The minimum Gasteiger partial charge on any atom is -0.591 e. The first-order valence-corrected chi connectivity index (χ1v) is 11.3. The van der Waals surface area contributed by atoms with Crippen LogP contribution in [0.2, 0.25) is 0 Å². The molecular weight excluding hydrogens is 384 g/mol. The number of piperidine rings is 1. The molecule has 1 unspecified atom stereocenters. The van der Waals surface area contributed by atoms with Crippen LogP contribution in [0.3, 0.4) is 0 Å². The summed E-state index contributed by atoms with van der Waals surface area (Å²) in [6.07, 6.45) is 4.28. The van der Waals surface area contributed by atoms with E-state index in [9.17, 15) is 9.35 Å². The zero-order valence-corrected chi connectivity index (χ0v) is 19.2. The summed E-state index contributed by atoms with van der Waals surface area (Å²) in [6.45, 7) is 14.0. The molecule has 1 saturated heterocycles. The molecule has 1 atom stereocenters. The van der Waals surface area contributed by atoms with Gasteiger partial charge in [0.05, 0.1) is 11.6 Å². The first-order valence-electron chi connectivity index (χ1n) is 10.2. The molecule has 0 saturated carbocycles. The van der Waals surface area contributed by atoms with Crippen molar-refractivity contribution in [3.05, 3.63) is 39.5 Å². The molecule has 1 aromatic heterocycles. The van der Waals surface area contributed by atoms with Crippen LogP contribution in [-0.2, 0) is 17.8 Å². The van der Waals surface area contributed by atoms with Crippen molar-refractivity contribution in [1.29, 1.82) is 0 Å². The molecule has 29 heavy (non-hydrogen) atoms. The average Bonchev–Trinajstić information content (AvgIpc) is 2.61. The van der Waals surface area contributed by atoms with Gasteiger partial charge in [-0.2, -0.15) is 0 Å². The predicted octanol–water partition coefficient (Wildman–Crippen LogP) is 4.80. The van der Waals surface area contributed by atoms with E-state index in [4.69, 9.17) is 4.42 Å². The van der Waals surface area contributed by atoms with E-state index >= 15 is 0 Å². The van der Waals surface area contributed by atoms with E-state index in [-0.39, 0.29) is 5.43 Å². The van der Waals surface area contributed by atoms with Gasteiger partial charge in [-0.3, -0.25) is 4.79 Å². The summed E-state index contributed by atoms with van der Waals surface area (Å²) in [6, 6.07) is 5.51. The van der Waals surface area contributed by atoms with Gasteiger partial charge in [0.15, 0.2) is 11.3 Å². The lowest BCUT2D eigenvalue weighted by molar-refractivity contribution is 0.274. The molecule has 0 bridgehead atoms. The van der Waals surface area contributed by atoms with E-state index in [0.717, 1.165) is 37.1 Å². The molecule has 158 valence electrons. The van der Waals surface area contributed by atoms with Gasteiger partial charge < -0.3 is 13.9 Å². The van der Waals surface area contributed by atoms with E-state index in [1.807, 2.05) is 39.8 Å². The van der Waals surface area contributed by atoms with Gasteiger partial charge in [0.1, 0.15) is 21.7 Å². The smallest absolute Gasteiger partial charge is 0.199 e. The fourth-order valence-corrected chi connectivity index (χ4v) is 4.00. The Labute approximate surface area is 176 Å². The third-order valence-corrected chi connectivity index (χ3v) is 6.86. The molecule has 0 amide bonds. The second kappa shape index (κ2) is 8.15. The van der Waals surface area contributed by atoms with Crippen LogP contribution in [0.4, 0.5) is 5.88 Å². The maximum Gasteiger partial charge on any atom is 0.199 e. The second-order valence-corrected chi connectivity index (χ2v) is 11.7. The average molecular weight is 417 g/mol. The Bertz CT molecular complexity index is 962. The Morgan fingerprint density at radius 1 is 1.24 bits per heavy atom. The fourth-order valence-electron chi connectivity index (χ4n) is 3.48. The zero-order valence-electron chi connectivity index (χ0n) is 18.4. The van der Waals surface area contributed by atoms with Crippen molar-refractivity contribution in [1.82, 2.24) is 0 Å². The van der Waals surface area contributed by atoms with Gasteiger partial charge in [0.2, 0.25) is 0 Å². The number of aryl methyl sites for hydroxylation is 1. The molecule has 1 aromatic carbocycles. The van der Waals surface area contributed by atoms with Crippen molar-refractivity contribution >= 4 is 34.4 Å². The SMILES string of the molecule is Cc1cc(C/C=N/[S+]([O-])C(C)(C)C)c2oc(N3CCC(C)(C)CC3)cc(=O)c2c1. The lowest BCUT2D eigenvalue weighted by Gasteiger charge is -2.37. The molecule has 0 N–H and O–H groups in total. The Hall–Kier alpha value is -1.79. The molecule has 2 aromatic rings. The van der Waals surface area contributed by atoms with Crippen molar-refractivity contribution in [3.8, 4) is 0 Å². The minimum atomic E-state index is -1.30. The molecule has 6 heteroatoms. The molecule has 5 nitrogen and oxygen atoms in total. The third kappa shape index (κ3) is 5.23. The number of anilines is 1. The van der Waals surface area contributed by atoms with Gasteiger partial charge in [-0.25, -0.2) is 0 Å². The Kier molecular flexibility index (Phi) is 6.16. The first kappa shape index (κ1) is 21.9. The number of hydrogen-bond donors (Lipinski definition) is 0. The number of fused-ring (bicyclic) bond motifs is 1. The van der Waals surface area contributed by atoms with Crippen molar-refractivity contribution in [2.45, 2.75) is 65.6 Å². The fraction of sp³-hybridized carbons (Fsp3) is 0.565. The number of benzene rings is 1. The normalized spacial score (nSPS) is 18.5. The van der Waals surface area contributed by atoms with Gasteiger partial charge in [0, 0.05) is 31.1 Å².